The number of amides is 1. The van der Waals surface area contributed by atoms with Crippen LogP contribution in [0.3, 0.4) is 0 Å². The van der Waals surface area contributed by atoms with Crippen LogP contribution in [0.1, 0.15) is 28.8 Å². The zero-order valence-electron chi connectivity index (χ0n) is 11.7. The number of hydrogen-bond donors (Lipinski definition) is 1. The summed E-state index contributed by atoms with van der Waals surface area (Å²) in [5, 5.41) is 2.84. The fourth-order valence-corrected chi connectivity index (χ4v) is 2.30. The highest BCUT2D eigenvalue weighted by atomic mass is 16.1. The van der Waals surface area contributed by atoms with Gasteiger partial charge < -0.3 is 10.2 Å². The van der Waals surface area contributed by atoms with Gasteiger partial charge in [-0.3, -0.25) is 9.78 Å². The number of rotatable bonds is 4. The van der Waals surface area contributed by atoms with Crippen molar-refractivity contribution in [3.63, 3.8) is 0 Å². The first kappa shape index (κ1) is 13.5. The normalized spacial score (nSPS) is 14.2. The third kappa shape index (κ3) is 3.34. The van der Waals surface area contributed by atoms with Crippen LogP contribution < -0.4 is 10.2 Å². The Hall–Kier alpha value is -2.50. The molecule has 21 heavy (non-hydrogen) atoms. The number of nitrogens with one attached hydrogen (secondary N) is 1. The number of aromatic nitrogens is 3. The van der Waals surface area contributed by atoms with E-state index in [0.29, 0.717) is 18.1 Å². The SMILES string of the molecule is O=C(NCc1ccncc1)c1cnc(N2CCCC2)nc1. The third-order valence-electron chi connectivity index (χ3n) is 3.49. The van der Waals surface area contributed by atoms with Crippen LogP contribution in [0.25, 0.3) is 0 Å². The second kappa shape index (κ2) is 6.30. The second-order valence-electron chi connectivity index (χ2n) is 5.00. The molecule has 2 aromatic rings. The quantitative estimate of drug-likeness (QED) is 0.918. The lowest BCUT2D eigenvalue weighted by atomic mass is 10.2. The second-order valence-corrected chi connectivity index (χ2v) is 5.00. The van der Waals surface area contributed by atoms with Gasteiger partial charge >= 0.3 is 0 Å². The van der Waals surface area contributed by atoms with Crippen molar-refractivity contribution in [1.29, 1.82) is 0 Å². The van der Waals surface area contributed by atoms with E-state index < -0.39 is 0 Å². The van der Waals surface area contributed by atoms with E-state index in [9.17, 15) is 4.79 Å². The Balaban J connectivity index is 1.59. The largest absolute Gasteiger partial charge is 0.348 e. The Morgan fingerprint density at radius 1 is 1.14 bits per heavy atom. The number of pyridine rings is 1. The van der Waals surface area contributed by atoms with Crippen LogP contribution >= 0.6 is 0 Å². The molecule has 1 aliphatic heterocycles. The van der Waals surface area contributed by atoms with Crippen LogP contribution in [0.2, 0.25) is 0 Å². The van der Waals surface area contributed by atoms with E-state index in [1.165, 1.54) is 12.8 Å². The summed E-state index contributed by atoms with van der Waals surface area (Å²) in [5.41, 5.74) is 1.49. The molecule has 3 rings (SSSR count). The van der Waals surface area contributed by atoms with E-state index in [-0.39, 0.29) is 5.91 Å². The van der Waals surface area contributed by atoms with Crippen molar-refractivity contribution in [2.45, 2.75) is 19.4 Å². The van der Waals surface area contributed by atoms with Gasteiger partial charge in [-0.05, 0) is 30.5 Å². The van der Waals surface area contributed by atoms with E-state index in [1.54, 1.807) is 24.8 Å². The Morgan fingerprint density at radius 3 is 2.48 bits per heavy atom. The third-order valence-corrected chi connectivity index (χ3v) is 3.49. The fourth-order valence-electron chi connectivity index (χ4n) is 2.30. The van der Waals surface area contributed by atoms with E-state index in [0.717, 1.165) is 18.7 Å². The van der Waals surface area contributed by atoms with Crippen LogP contribution in [0, 0.1) is 0 Å². The summed E-state index contributed by atoms with van der Waals surface area (Å²) in [7, 11) is 0. The molecule has 0 radical (unpaired) electrons. The van der Waals surface area contributed by atoms with Crippen molar-refractivity contribution in [2.75, 3.05) is 18.0 Å². The first-order valence-corrected chi connectivity index (χ1v) is 7.07. The van der Waals surface area contributed by atoms with Gasteiger partial charge in [0.1, 0.15) is 0 Å². The number of carbonyl (C=O) groups excluding carboxylic acids is 1. The molecule has 0 bridgehead atoms. The van der Waals surface area contributed by atoms with Crippen molar-refractivity contribution in [2.24, 2.45) is 0 Å². The molecule has 108 valence electrons. The summed E-state index contributed by atoms with van der Waals surface area (Å²) in [5.74, 6) is 0.540. The minimum Gasteiger partial charge on any atom is -0.348 e. The van der Waals surface area contributed by atoms with Gasteiger partial charge in [0.2, 0.25) is 5.95 Å². The molecule has 1 saturated heterocycles. The molecule has 1 aliphatic rings. The molecule has 6 nitrogen and oxygen atoms in total. The molecular weight excluding hydrogens is 266 g/mol. The predicted octanol–water partition coefficient (Wildman–Crippen LogP) is 1.40. The van der Waals surface area contributed by atoms with Crippen molar-refractivity contribution in [3.05, 3.63) is 48.0 Å². The Labute approximate surface area is 123 Å². The topological polar surface area (TPSA) is 71.0 Å². The van der Waals surface area contributed by atoms with E-state index in [4.69, 9.17) is 0 Å². The number of anilines is 1. The molecule has 0 atom stereocenters. The van der Waals surface area contributed by atoms with E-state index >= 15 is 0 Å². The van der Waals surface area contributed by atoms with Gasteiger partial charge in [-0.15, -0.1) is 0 Å². The predicted molar refractivity (Wildman–Crippen MR) is 78.9 cm³/mol. The molecule has 1 amide bonds. The molecular formula is C15H17N5O. The van der Waals surface area contributed by atoms with Crippen molar-refractivity contribution < 1.29 is 4.79 Å². The molecule has 0 aliphatic carbocycles. The lowest BCUT2D eigenvalue weighted by molar-refractivity contribution is 0.0950. The zero-order valence-corrected chi connectivity index (χ0v) is 11.7. The average molecular weight is 283 g/mol. The van der Waals surface area contributed by atoms with Gasteiger partial charge in [-0.2, -0.15) is 0 Å². The molecule has 0 aromatic carbocycles. The molecule has 1 fully saturated rings. The average Bonchev–Trinajstić information content (AvgIpc) is 3.08. The molecule has 6 heteroatoms. The smallest absolute Gasteiger partial charge is 0.254 e. The first-order chi connectivity index (χ1) is 10.3. The number of nitrogens with zero attached hydrogens (tertiary/aromatic N) is 4. The monoisotopic (exact) mass is 283 g/mol. The van der Waals surface area contributed by atoms with Gasteiger partial charge in [0.15, 0.2) is 0 Å². The van der Waals surface area contributed by atoms with E-state index in [1.807, 2.05) is 12.1 Å². The van der Waals surface area contributed by atoms with Crippen molar-refractivity contribution in [1.82, 2.24) is 20.3 Å². The minimum atomic E-state index is -0.167. The van der Waals surface area contributed by atoms with Crippen LogP contribution in [-0.2, 0) is 6.54 Å². The van der Waals surface area contributed by atoms with Crippen LogP contribution in [0.15, 0.2) is 36.9 Å². The highest BCUT2D eigenvalue weighted by molar-refractivity contribution is 5.93. The molecule has 0 saturated carbocycles. The Morgan fingerprint density at radius 2 is 1.81 bits per heavy atom. The Kier molecular flexibility index (Phi) is 4.04. The van der Waals surface area contributed by atoms with Gasteiger partial charge in [-0.25, -0.2) is 9.97 Å². The molecule has 0 spiro atoms. The zero-order chi connectivity index (χ0) is 14.5. The summed E-state index contributed by atoms with van der Waals surface area (Å²) in [6.45, 7) is 2.45. The maximum Gasteiger partial charge on any atom is 0.254 e. The lowest BCUT2D eigenvalue weighted by Crippen LogP contribution is -2.24. The van der Waals surface area contributed by atoms with Gasteiger partial charge in [0.25, 0.3) is 5.91 Å². The fraction of sp³-hybridized carbons (Fsp3) is 0.333. The van der Waals surface area contributed by atoms with Crippen molar-refractivity contribution >= 4 is 11.9 Å². The highest BCUT2D eigenvalue weighted by Crippen LogP contribution is 2.14. The molecule has 2 aromatic heterocycles. The number of carbonyl (C=O) groups is 1. The van der Waals surface area contributed by atoms with E-state index in [2.05, 4.69) is 25.2 Å². The standard InChI is InChI=1S/C15H17N5O/c21-14(17-9-12-3-5-16-6-4-12)13-10-18-15(19-11-13)20-7-1-2-8-20/h3-6,10-11H,1-2,7-9H2,(H,17,21). The molecule has 0 unspecified atom stereocenters. The minimum absolute atomic E-state index is 0.167. The van der Waals surface area contributed by atoms with Gasteiger partial charge in [0, 0.05) is 44.4 Å². The van der Waals surface area contributed by atoms with Crippen molar-refractivity contribution in [3.8, 4) is 0 Å². The summed E-state index contributed by atoms with van der Waals surface area (Å²) < 4.78 is 0. The maximum atomic E-state index is 12.0. The lowest BCUT2D eigenvalue weighted by Gasteiger charge is -2.14. The number of hydrogen-bond acceptors (Lipinski definition) is 5. The summed E-state index contributed by atoms with van der Waals surface area (Å²) >= 11 is 0. The maximum absolute atomic E-state index is 12.0. The van der Waals surface area contributed by atoms with Crippen LogP contribution in [0.5, 0.6) is 0 Å². The van der Waals surface area contributed by atoms with Crippen LogP contribution in [-0.4, -0.2) is 33.9 Å². The Bertz CT molecular complexity index is 593. The van der Waals surface area contributed by atoms with Crippen LogP contribution in [0.4, 0.5) is 5.95 Å². The summed E-state index contributed by atoms with van der Waals surface area (Å²) in [6.07, 6.45) is 8.94. The molecule has 3 heterocycles. The summed E-state index contributed by atoms with van der Waals surface area (Å²) in [6, 6.07) is 3.74. The first-order valence-electron chi connectivity index (χ1n) is 7.07. The highest BCUT2D eigenvalue weighted by Gasteiger charge is 2.15. The molecule has 1 N–H and O–H groups in total. The summed E-state index contributed by atoms with van der Waals surface area (Å²) in [4.78, 5) is 26.7. The van der Waals surface area contributed by atoms with Gasteiger partial charge in [-0.1, -0.05) is 0 Å². The van der Waals surface area contributed by atoms with Gasteiger partial charge in [0.05, 0.1) is 5.56 Å².